The average molecular weight is 343 g/mol. The van der Waals surface area contributed by atoms with Gasteiger partial charge in [0.1, 0.15) is 5.82 Å². The van der Waals surface area contributed by atoms with Crippen molar-refractivity contribution < 1.29 is 4.39 Å². The molecule has 112 valence electrons. The fourth-order valence-electron chi connectivity index (χ4n) is 3.34. The third kappa shape index (κ3) is 3.60. The zero-order valence-corrected chi connectivity index (χ0v) is 13.9. The van der Waals surface area contributed by atoms with Gasteiger partial charge in [0.2, 0.25) is 0 Å². The first-order valence-electron chi connectivity index (χ1n) is 7.51. The molecule has 1 saturated heterocycles. The monoisotopic (exact) mass is 342 g/mol. The van der Waals surface area contributed by atoms with E-state index in [0.717, 1.165) is 36.1 Å². The van der Waals surface area contributed by atoms with Crippen LogP contribution in [0.3, 0.4) is 0 Å². The van der Waals surface area contributed by atoms with Crippen LogP contribution in [0, 0.1) is 11.7 Å². The molecule has 1 aliphatic rings. The molecule has 1 aromatic rings. The second-order valence-electron chi connectivity index (χ2n) is 5.55. The molecule has 1 heterocycles. The van der Waals surface area contributed by atoms with Crippen LogP contribution in [-0.2, 0) is 0 Å². The molecule has 2 rings (SSSR count). The van der Waals surface area contributed by atoms with E-state index in [9.17, 15) is 4.39 Å². The number of nitrogens with one attached hydrogen (secondary N) is 1. The highest BCUT2D eigenvalue weighted by Gasteiger charge is 2.31. The quantitative estimate of drug-likeness (QED) is 0.890. The van der Waals surface area contributed by atoms with Crippen molar-refractivity contribution in [3.8, 4) is 0 Å². The molecule has 1 N–H and O–H groups in total. The van der Waals surface area contributed by atoms with E-state index >= 15 is 0 Å². The van der Waals surface area contributed by atoms with Gasteiger partial charge in [0.05, 0.1) is 0 Å². The number of likely N-dealkylation sites (tertiary alicyclic amines) is 1. The zero-order chi connectivity index (χ0) is 14.5. The number of rotatable bonds is 4. The Bertz CT molecular complexity index is 438. The normalized spacial score (nSPS) is 24.6. The summed E-state index contributed by atoms with van der Waals surface area (Å²) < 4.78 is 15.3. The van der Waals surface area contributed by atoms with Crippen molar-refractivity contribution in [3.63, 3.8) is 0 Å². The predicted octanol–water partition coefficient (Wildman–Crippen LogP) is 3.97. The van der Waals surface area contributed by atoms with Crippen LogP contribution < -0.4 is 5.32 Å². The van der Waals surface area contributed by atoms with E-state index in [4.69, 9.17) is 0 Å². The molecule has 0 aromatic heterocycles. The van der Waals surface area contributed by atoms with Crippen LogP contribution in [0.4, 0.5) is 4.39 Å². The summed E-state index contributed by atoms with van der Waals surface area (Å²) in [7, 11) is 1.98. The van der Waals surface area contributed by atoms with Gasteiger partial charge in [0, 0.05) is 16.1 Å². The lowest BCUT2D eigenvalue weighted by Gasteiger charge is -2.35. The largest absolute Gasteiger partial charge is 0.319 e. The molecule has 0 amide bonds. The first-order chi connectivity index (χ1) is 9.67. The predicted molar refractivity (Wildman–Crippen MR) is 85.4 cm³/mol. The average Bonchev–Trinajstić information content (AvgIpc) is 2.64. The summed E-state index contributed by atoms with van der Waals surface area (Å²) in [5, 5.41) is 3.28. The van der Waals surface area contributed by atoms with Crippen molar-refractivity contribution in [3.05, 3.63) is 34.1 Å². The van der Waals surface area contributed by atoms with Gasteiger partial charge in [0.25, 0.3) is 0 Å². The maximum Gasteiger partial charge on any atom is 0.128 e. The summed E-state index contributed by atoms with van der Waals surface area (Å²) >= 11 is 3.48. The minimum absolute atomic E-state index is 0.0837. The molecular weight excluding hydrogens is 319 g/mol. The highest BCUT2D eigenvalue weighted by Crippen LogP contribution is 2.36. The highest BCUT2D eigenvalue weighted by atomic mass is 79.9. The molecule has 2 unspecified atom stereocenters. The van der Waals surface area contributed by atoms with Gasteiger partial charge < -0.3 is 5.32 Å². The van der Waals surface area contributed by atoms with E-state index in [1.807, 2.05) is 13.1 Å². The maximum absolute atomic E-state index is 14.3. The molecule has 0 bridgehead atoms. The first-order valence-corrected chi connectivity index (χ1v) is 8.30. The summed E-state index contributed by atoms with van der Waals surface area (Å²) in [4.78, 5) is 2.43. The summed E-state index contributed by atoms with van der Waals surface area (Å²) in [6.45, 7) is 5.14. The topological polar surface area (TPSA) is 15.3 Å². The Labute approximate surface area is 129 Å². The Hall–Kier alpha value is -0.450. The fourth-order valence-corrected chi connectivity index (χ4v) is 3.72. The number of hydrogen-bond donors (Lipinski definition) is 1. The van der Waals surface area contributed by atoms with Crippen molar-refractivity contribution in [2.24, 2.45) is 5.92 Å². The van der Waals surface area contributed by atoms with Crippen molar-refractivity contribution in [1.82, 2.24) is 10.2 Å². The van der Waals surface area contributed by atoms with Crippen molar-refractivity contribution >= 4 is 15.9 Å². The molecule has 0 spiro atoms. The van der Waals surface area contributed by atoms with Gasteiger partial charge in [-0.1, -0.05) is 29.3 Å². The Kier molecular flexibility index (Phi) is 6.00. The minimum atomic E-state index is -0.0837. The summed E-state index contributed by atoms with van der Waals surface area (Å²) in [6.07, 6.45) is 3.60. The van der Waals surface area contributed by atoms with E-state index in [-0.39, 0.29) is 11.9 Å². The molecular formula is C16H24BrFN2. The van der Waals surface area contributed by atoms with Crippen LogP contribution in [-0.4, -0.2) is 31.6 Å². The third-order valence-electron chi connectivity index (χ3n) is 4.26. The van der Waals surface area contributed by atoms with Crippen LogP contribution in [0.15, 0.2) is 22.7 Å². The lowest BCUT2D eigenvalue weighted by Crippen LogP contribution is -2.36. The minimum Gasteiger partial charge on any atom is -0.319 e. The summed E-state index contributed by atoms with van der Waals surface area (Å²) in [6, 6.07) is 5.48. The fraction of sp³-hybridized carbons (Fsp3) is 0.625. The van der Waals surface area contributed by atoms with E-state index in [0.29, 0.717) is 5.92 Å². The van der Waals surface area contributed by atoms with Gasteiger partial charge in [-0.15, -0.1) is 0 Å². The zero-order valence-electron chi connectivity index (χ0n) is 12.3. The number of halogens is 2. The van der Waals surface area contributed by atoms with Gasteiger partial charge >= 0.3 is 0 Å². The molecule has 2 nitrogen and oxygen atoms in total. The lowest BCUT2D eigenvalue weighted by molar-refractivity contribution is 0.158. The second kappa shape index (κ2) is 7.53. The number of benzene rings is 1. The molecule has 0 radical (unpaired) electrons. The van der Waals surface area contributed by atoms with Gasteiger partial charge in [0.15, 0.2) is 0 Å². The molecule has 4 heteroatoms. The van der Waals surface area contributed by atoms with Gasteiger partial charge in [-0.05, 0) is 63.6 Å². The smallest absolute Gasteiger partial charge is 0.128 e. The standard InChI is InChI=1S/C16H24BrFN2/c1-3-20-9-5-4-6-12(11-19-2)16(20)14-10-13(17)7-8-15(14)18/h7-8,10,12,16,19H,3-6,9,11H2,1-2H3. The van der Waals surface area contributed by atoms with E-state index in [1.54, 1.807) is 12.1 Å². The van der Waals surface area contributed by atoms with E-state index in [2.05, 4.69) is 33.1 Å². The summed E-state index contributed by atoms with van der Waals surface area (Å²) in [5.74, 6) is 0.380. The van der Waals surface area contributed by atoms with Crippen molar-refractivity contribution in [1.29, 1.82) is 0 Å². The molecule has 1 fully saturated rings. The van der Waals surface area contributed by atoms with Gasteiger partial charge in [-0.3, -0.25) is 4.90 Å². The molecule has 0 saturated carbocycles. The van der Waals surface area contributed by atoms with Crippen LogP contribution >= 0.6 is 15.9 Å². The van der Waals surface area contributed by atoms with Gasteiger partial charge in [-0.25, -0.2) is 4.39 Å². The summed E-state index contributed by atoms with van der Waals surface area (Å²) in [5.41, 5.74) is 0.836. The first kappa shape index (κ1) is 15.9. The van der Waals surface area contributed by atoms with Gasteiger partial charge in [-0.2, -0.15) is 0 Å². The SMILES string of the molecule is CCN1CCCCC(CNC)C1c1cc(Br)ccc1F. The second-order valence-corrected chi connectivity index (χ2v) is 6.47. The van der Waals surface area contributed by atoms with E-state index < -0.39 is 0 Å². The Morgan fingerprint density at radius 1 is 1.40 bits per heavy atom. The Morgan fingerprint density at radius 2 is 2.20 bits per heavy atom. The maximum atomic E-state index is 14.3. The van der Waals surface area contributed by atoms with Crippen LogP contribution in [0.2, 0.25) is 0 Å². The molecule has 20 heavy (non-hydrogen) atoms. The molecule has 1 aliphatic heterocycles. The van der Waals surface area contributed by atoms with Crippen molar-refractivity contribution in [2.45, 2.75) is 32.2 Å². The Morgan fingerprint density at radius 3 is 2.90 bits per heavy atom. The molecule has 1 aromatic carbocycles. The highest BCUT2D eigenvalue weighted by molar-refractivity contribution is 9.10. The Balaban J connectivity index is 2.40. The van der Waals surface area contributed by atoms with Crippen LogP contribution in [0.25, 0.3) is 0 Å². The van der Waals surface area contributed by atoms with Crippen LogP contribution in [0.5, 0.6) is 0 Å². The van der Waals surface area contributed by atoms with Crippen LogP contribution in [0.1, 0.15) is 37.8 Å². The van der Waals surface area contributed by atoms with Crippen molar-refractivity contribution in [2.75, 3.05) is 26.7 Å². The molecule has 0 aliphatic carbocycles. The number of nitrogens with zero attached hydrogens (tertiary/aromatic N) is 1. The molecule has 2 atom stereocenters. The number of hydrogen-bond acceptors (Lipinski definition) is 2. The lowest BCUT2D eigenvalue weighted by atomic mass is 9.88. The van der Waals surface area contributed by atoms with E-state index in [1.165, 1.54) is 12.8 Å². The third-order valence-corrected chi connectivity index (χ3v) is 4.75.